The Balaban J connectivity index is 2.04. The van der Waals surface area contributed by atoms with Gasteiger partial charge in [-0.2, -0.15) is 4.98 Å². The van der Waals surface area contributed by atoms with Crippen molar-refractivity contribution in [2.75, 3.05) is 6.54 Å². The molecule has 0 bridgehead atoms. The summed E-state index contributed by atoms with van der Waals surface area (Å²) in [6, 6.07) is 10.2. The molecule has 1 heterocycles. The van der Waals surface area contributed by atoms with Crippen molar-refractivity contribution >= 4 is 0 Å². The summed E-state index contributed by atoms with van der Waals surface area (Å²) in [7, 11) is 0. The highest BCUT2D eigenvalue weighted by atomic mass is 16.5. The first-order valence-corrected chi connectivity index (χ1v) is 5.89. The van der Waals surface area contributed by atoms with E-state index in [4.69, 9.17) is 4.52 Å². The van der Waals surface area contributed by atoms with Crippen molar-refractivity contribution in [1.82, 2.24) is 15.5 Å². The fraction of sp³-hybridized carbons (Fsp3) is 0.385. The maximum atomic E-state index is 5.23. The summed E-state index contributed by atoms with van der Waals surface area (Å²) in [5.41, 5.74) is 1.19. The third-order valence-electron chi connectivity index (χ3n) is 2.57. The summed E-state index contributed by atoms with van der Waals surface area (Å²) in [6.45, 7) is 4.96. The van der Waals surface area contributed by atoms with Gasteiger partial charge in [0.1, 0.15) is 0 Å². The lowest BCUT2D eigenvalue weighted by atomic mass is 10.1. The van der Waals surface area contributed by atoms with Crippen molar-refractivity contribution in [1.29, 1.82) is 0 Å². The standard InChI is InChI=1S/C13H17N3O/c1-3-14-10(2)13-15-12(16-17-13)9-11-7-5-4-6-8-11/h4-8,10,14H,3,9H2,1-2H3. The number of hydrogen-bond donors (Lipinski definition) is 1. The predicted octanol–water partition coefficient (Wildman–Crippen LogP) is 2.33. The van der Waals surface area contributed by atoms with E-state index in [1.807, 2.05) is 25.1 Å². The molecule has 4 heteroatoms. The number of hydrogen-bond acceptors (Lipinski definition) is 4. The quantitative estimate of drug-likeness (QED) is 0.858. The molecule has 0 spiro atoms. The van der Waals surface area contributed by atoms with Gasteiger partial charge in [0.05, 0.1) is 6.04 Å². The Morgan fingerprint density at radius 3 is 2.76 bits per heavy atom. The fourth-order valence-corrected chi connectivity index (χ4v) is 1.69. The topological polar surface area (TPSA) is 51.0 Å². The molecule has 0 saturated heterocycles. The summed E-state index contributed by atoms with van der Waals surface area (Å²) < 4.78 is 5.23. The van der Waals surface area contributed by atoms with Crippen LogP contribution in [-0.2, 0) is 6.42 Å². The summed E-state index contributed by atoms with van der Waals surface area (Å²) in [4.78, 5) is 4.38. The van der Waals surface area contributed by atoms with E-state index >= 15 is 0 Å². The third kappa shape index (κ3) is 3.14. The van der Waals surface area contributed by atoms with E-state index in [2.05, 4.69) is 34.5 Å². The van der Waals surface area contributed by atoms with E-state index in [-0.39, 0.29) is 6.04 Å². The highest BCUT2D eigenvalue weighted by Crippen LogP contribution is 2.11. The van der Waals surface area contributed by atoms with Crippen LogP contribution in [0.5, 0.6) is 0 Å². The largest absolute Gasteiger partial charge is 0.338 e. The van der Waals surface area contributed by atoms with Crippen molar-refractivity contribution in [3.63, 3.8) is 0 Å². The molecule has 1 atom stereocenters. The summed E-state index contributed by atoms with van der Waals surface area (Å²) >= 11 is 0. The van der Waals surface area contributed by atoms with E-state index in [0.717, 1.165) is 12.4 Å². The summed E-state index contributed by atoms with van der Waals surface area (Å²) in [5, 5.41) is 7.23. The van der Waals surface area contributed by atoms with Crippen LogP contribution in [0, 0.1) is 0 Å². The maximum absolute atomic E-state index is 5.23. The van der Waals surface area contributed by atoms with E-state index in [1.165, 1.54) is 5.56 Å². The first kappa shape index (κ1) is 11.8. The normalized spacial score (nSPS) is 12.6. The Morgan fingerprint density at radius 1 is 1.29 bits per heavy atom. The summed E-state index contributed by atoms with van der Waals surface area (Å²) in [6.07, 6.45) is 0.711. The van der Waals surface area contributed by atoms with Crippen LogP contribution in [0.4, 0.5) is 0 Å². The first-order valence-electron chi connectivity index (χ1n) is 5.89. The van der Waals surface area contributed by atoms with Crippen molar-refractivity contribution < 1.29 is 4.52 Å². The lowest BCUT2D eigenvalue weighted by molar-refractivity contribution is 0.339. The molecule has 0 saturated carbocycles. The number of aromatic nitrogens is 2. The zero-order valence-electron chi connectivity index (χ0n) is 10.2. The van der Waals surface area contributed by atoms with Crippen LogP contribution in [0.2, 0.25) is 0 Å². The Hall–Kier alpha value is -1.68. The minimum absolute atomic E-state index is 0.108. The molecular weight excluding hydrogens is 214 g/mol. The van der Waals surface area contributed by atoms with E-state index in [9.17, 15) is 0 Å². The maximum Gasteiger partial charge on any atom is 0.243 e. The molecule has 1 unspecified atom stereocenters. The molecule has 0 aliphatic heterocycles. The van der Waals surface area contributed by atoms with Crippen molar-refractivity contribution in [2.45, 2.75) is 26.3 Å². The molecule has 2 rings (SSSR count). The molecule has 0 aliphatic carbocycles. The van der Waals surface area contributed by atoms with Crippen LogP contribution in [0.3, 0.4) is 0 Å². The Bertz CT molecular complexity index is 453. The van der Waals surface area contributed by atoms with Gasteiger partial charge in [0, 0.05) is 6.42 Å². The minimum atomic E-state index is 0.108. The molecule has 1 aromatic carbocycles. The number of nitrogens with one attached hydrogen (secondary N) is 1. The molecule has 0 radical (unpaired) electrons. The van der Waals surface area contributed by atoms with Gasteiger partial charge in [-0.05, 0) is 19.0 Å². The highest BCUT2D eigenvalue weighted by molar-refractivity contribution is 5.18. The SMILES string of the molecule is CCNC(C)c1nc(Cc2ccccc2)no1. The van der Waals surface area contributed by atoms with Gasteiger partial charge in [0.15, 0.2) is 5.82 Å². The average Bonchev–Trinajstić information content (AvgIpc) is 2.79. The van der Waals surface area contributed by atoms with Crippen molar-refractivity contribution in [3.8, 4) is 0 Å². The fourth-order valence-electron chi connectivity index (χ4n) is 1.69. The van der Waals surface area contributed by atoms with Crippen molar-refractivity contribution in [2.24, 2.45) is 0 Å². The molecule has 90 valence electrons. The minimum Gasteiger partial charge on any atom is -0.338 e. The molecular formula is C13H17N3O. The number of rotatable bonds is 5. The smallest absolute Gasteiger partial charge is 0.243 e. The lowest BCUT2D eigenvalue weighted by Gasteiger charge is -2.05. The Morgan fingerprint density at radius 2 is 2.06 bits per heavy atom. The van der Waals surface area contributed by atoms with E-state index in [1.54, 1.807) is 0 Å². The first-order chi connectivity index (χ1) is 8.29. The van der Waals surface area contributed by atoms with Gasteiger partial charge in [-0.15, -0.1) is 0 Å². The zero-order chi connectivity index (χ0) is 12.1. The third-order valence-corrected chi connectivity index (χ3v) is 2.57. The van der Waals surface area contributed by atoms with Crippen LogP contribution < -0.4 is 5.32 Å². The second kappa shape index (κ2) is 5.59. The molecule has 1 aromatic heterocycles. The lowest BCUT2D eigenvalue weighted by Crippen LogP contribution is -2.17. The highest BCUT2D eigenvalue weighted by Gasteiger charge is 2.12. The molecule has 0 fully saturated rings. The second-order valence-corrected chi connectivity index (χ2v) is 3.99. The second-order valence-electron chi connectivity index (χ2n) is 3.99. The van der Waals surface area contributed by atoms with Crippen LogP contribution in [0.15, 0.2) is 34.9 Å². The van der Waals surface area contributed by atoms with Gasteiger partial charge >= 0.3 is 0 Å². The van der Waals surface area contributed by atoms with Crippen LogP contribution in [0.1, 0.15) is 37.2 Å². The van der Waals surface area contributed by atoms with Crippen LogP contribution in [-0.4, -0.2) is 16.7 Å². The van der Waals surface area contributed by atoms with Gasteiger partial charge in [0.2, 0.25) is 5.89 Å². The summed E-state index contributed by atoms with van der Waals surface area (Å²) in [5.74, 6) is 1.38. The molecule has 4 nitrogen and oxygen atoms in total. The zero-order valence-corrected chi connectivity index (χ0v) is 10.2. The van der Waals surface area contributed by atoms with Crippen LogP contribution in [0.25, 0.3) is 0 Å². The van der Waals surface area contributed by atoms with Gasteiger partial charge in [-0.3, -0.25) is 0 Å². The van der Waals surface area contributed by atoms with Gasteiger partial charge in [0.25, 0.3) is 0 Å². The van der Waals surface area contributed by atoms with Crippen LogP contribution >= 0.6 is 0 Å². The van der Waals surface area contributed by atoms with Gasteiger partial charge in [-0.25, -0.2) is 0 Å². The predicted molar refractivity (Wildman–Crippen MR) is 65.6 cm³/mol. The number of benzene rings is 1. The molecule has 0 aliphatic rings. The average molecular weight is 231 g/mol. The molecule has 17 heavy (non-hydrogen) atoms. The Labute approximate surface area is 101 Å². The van der Waals surface area contributed by atoms with Crippen molar-refractivity contribution in [3.05, 3.63) is 47.6 Å². The molecule has 1 N–H and O–H groups in total. The molecule has 0 amide bonds. The Kier molecular flexibility index (Phi) is 3.88. The monoisotopic (exact) mass is 231 g/mol. The molecule has 2 aromatic rings. The van der Waals surface area contributed by atoms with E-state index in [0.29, 0.717) is 12.3 Å². The number of nitrogens with zero attached hydrogens (tertiary/aromatic N) is 2. The van der Waals surface area contributed by atoms with Gasteiger partial charge < -0.3 is 9.84 Å². The van der Waals surface area contributed by atoms with E-state index < -0.39 is 0 Å². The van der Waals surface area contributed by atoms with Gasteiger partial charge in [-0.1, -0.05) is 42.4 Å².